The molecule has 0 saturated carbocycles. The minimum Gasteiger partial charge on any atom is -0.481 e. The highest BCUT2D eigenvalue weighted by molar-refractivity contribution is 5.97. The number of H-pyrrole nitrogens is 1. The molecule has 7 nitrogen and oxygen atoms in total. The summed E-state index contributed by atoms with van der Waals surface area (Å²) in [5.74, 6) is -1.00. The number of imidazole rings is 1. The van der Waals surface area contributed by atoms with Crippen LogP contribution in [0.5, 0.6) is 0 Å². The SMILES string of the molecule is Cn1c(=O)[nH]c2ccc(C(=O)N3CCC(C(=O)O)(c4ccccc4)CC3)cc21. The van der Waals surface area contributed by atoms with E-state index in [1.807, 2.05) is 30.3 Å². The number of nitrogens with one attached hydrogen (secondary N) is 1. The molecule has 2 aromatic carbocycles. The van der Waals surface area contributed by atoms with Gasteiger partial charge in [0.1, 0.15) is 0 Å². The molecule has 1 fully saturated rings. The molecule has 3 aromatic rings. The third-order valence-electron chi connectivity index (χ3n) is 5.79. The third-order valence-corrected chi connectivity index (χ3v) is 5.79. The van der Waals surface area contributed by atoms with Gasteiger partial charge in [-0.15, -0.1) is 0 Å². The molecule has 1 amide bonds. The lowest BCUT2D eigenvalue weighted by Gasteiger charge is -2.39. The van der Waals surface area contributed by atoms with Gasteiger partial charge in [-0.25, -0.2) is 4.79 Å². The lowest BCUT2D eigenvalue weighted by molar-refractivity contribution is -0.145. The van der Waals surface area contributed by atoms with Crippen LogP contribution < -0.4 is 5.69 Å². The molecule has 7 heteroatoms. The predicted molar refractivity (Wildman–Crippen MR) is 104 cm³/mol. The smallest absolute Gasteiger partial charge is 0.326 e. The van der Waals surface area contributed by atoms with Crippen molar-refractivity contribution in [1.82, 2.24) is 14.5 Å². The van der Waals surface area contributed by atoms with Crippen LogP contribution in [-0.2, 0) is 17.3 Å². The number of aromatic nitrogens is 2. The summed E-state index contributed by atoms with van der Waals surface area (Å²) in [5.41, 5.74) is 1.41. The first-order chi connectivity index (χ1) is 13.4. The Labute approximate surface area is 161 Å². The van der Waals surface area contributed by atoms with E-state index in [0.29, 0.717) is 42.5 Å². The number of aromatic amines is 1. The highest BCUT2D eigenvalue weighted by Gasteiger charge is 2.43. The molecule has 0 atom stereocenters. The van der Waals surface area contributed by atoms with Gasteiger partial charge < -0.3 is 15.0 Å². The maximum atomic E-state index is 13.0. The Bertz CT molecular complexity index is 1110. The van der Waals surface area contributed by atoms with Crippen molar-refractivity contribution in [3.63, 3.8) is 0 Å². The van der Waals surface area contributed by atoms with Crippen LogP contribution in [0, 0.1) is 0 Å². The number of benzene rings is 2. The number of aryl methyl sites for hydroxylation is 1. The Morgan fingerprint density at radius 2 is 1.75 bits per heavy atom. The van der Waals surface area contributed by atoms with E-state index in [1.54, 1.807) is 30.1 Å². The first-order valence-corrected chi connectivity index (χ1v) is 9.19. The molecule has 0 aliphatic carbocycles. The molecule has 28 heavy (non-hydrogen) atoms. The standard InChI is InChI=1S/C21H21N3O4/c1-23-17-13-14(7-8-16(17)22-20(23)28)18(25)24-11-9-21(10-12-24,19(26)27)15-5-3-2-4-6-15/h2-8,13H,9-12H2,1H3,(H,22,28)(H,26,27). The van der Waals surface area contributed by atoms with Crippen molar-refractivity contribution in [2.24, 2.45) is 7.05 Å². The number of aliphatic carboxylic acids is 1. The number of hydrogen-bond donors (Lipinski definition) is 2. The Morgan fingerprint density at radius 3 is 2.39 bits per heavy atom. The van der Waals surface area contributed by atoms with Gasteiger partial charge in [0.25, 0.3) is 5.91 Å². The quantitative estimate of drug-likeness (QED) is 0.729. The first kappa shape index (κ1) is 18.0. The number of carbonyl (C=O) groups excluding carboxylic acids is 1. The zero-order valence-corrected chi connectivity index (χ0v) is 15.5. The van der Waals surface area contributed by atoms with Gasteiger partial charge in [-0.2, -0.15) is 0 Å². The van der Waals surface area contributed by atoms with Gasteiger partial charge in [0.2, 0.25) is 0 Å². The van der Waals surface area contributed by atoms with Crippen molar-refractivity contribution in [1.29, 1.82) is 0 Å². The van der Waals surface area contributed by atoms with Crippen molar-refractivity contribution < 1.29 is 14.7 Å². The van der Waals surface area contributed by atoms with Crippen LogP contribution in [0.1, 0.15) is 28.8 Å². The van der Waals surface area contributed by atoms with Crippen molar-refractivity contribution >= 4 is 22.9 Å². The molecular weight excluding hydrogens is 358 g/mol. The molecule has 1 aliphatic heterocycles. The lowest BCUT2D eigenvalue weighted by Crippen LogP contribution is -2.49. The van der Waals surface area contributed by atoms with Crippen molar-refractivity contribution in [3.8, 4) is 0 Å². The second kappa shape index (κ2) is 6.67. The fourth-order valence-corrected chi connectivity index (χ4v) is 4.01. The minimum absolute atomic E-state index is 0.150. The second-order valence-electron chi connectivity index (χ2n) is 7.27. The van der Waals surface area contributed by atoms with E-state index in [-0.39, 0.29) is 11.6 Å². The summed E-state index contributed by atoms with van der Waals surface area (Å²) in [6.45, 7) is 0.730. The van der Waals surface area contributed by atoms with E-state index in [1.165, 1.54) is 4.57 Å². The number of amides is 1. The van der Waals surface area contributed by atoms with E-state index >= 15 is 0 Å². The number of likely N-dealkylation sites (tertiary alicyclic amines) is 1. The Morgan fingerprint density at radius 1 is 1.07 bits per heavy atom. The lowest BCUT2D eigenvalue weighted by atomic mass is 9.73. The van der Waals surface area contributed by atoms with Gasteiger partial charge in [0.05, 0.1) is 16.4 Å². The Balaban J connectivity index is 1.58. The van der Waals surface area contributed by atoms with Crippen LogP contribution >= 0.6 is 0 Å². The summed E-state index contributed by atoms with van der Waals surface area (Å²) in [7, 11) is 1.65. The van der Waals surface area contributed by atoms with E-state index < -0.39 is 11.4 Å². The molecule has 0 radical (unpaired) electrons. The van der Waals surface area contributed by atoms with Gasteiger partial charge in [0.15, 0.2) is 0 Å². The van der Waals surface area contributed by atoms with Crippen LogP contribution in [-0.4, -0.2) is 44.5 Å². The summed E-state index contributed by atoms with van der Waals surface area (Å²) in [4.78, 5) is 41.2. The molecule has 0 unspecified atom stereocenters. The molecule has 0 spiro atoms. The molecule has 1 saturated heterocycles. The summed E-state index contributed by atoms with van der Waals surface area (Å²) < 4.78 is 1.47. The normalized spacial score (nSPS) is 16.2. The van der Waals surface area contributed by atoms with E-state index in [4.69, 9.17) is 0 Å². The van der Waals surface area contributed by atoms with Crippen molar-refractivity contribution in [2.45, 2.75) is 18.3 Å². The number of fused-ring (bicyclic) bond motifs is 1. The van der Waals surface area contributed by atoms with Crippen LogP contribution in [0.4, 0.5) is 0 Å². The Hall–Kier alpha value is -3.35. The summed E-state index contributed by atoms with van der Waals surface area (Å²) in [5, 5.41) is 9.90. The summed E-state index contributed by atoms with van der Waals surface area (Å²) in [6.07, 6.45) is 0.728. The van der Waals surface area contributed by atoms with Gasteiger partial charge in [-0.1, -0.05) is 30.3 Å². The van der Waals surface area contributed by atoms with Crippen molar-refractivity contribution in [3.05, 3.63) is 70.1 Å². The summed E-state index contributed by atoms with van der Waals surface area (Å²) in [6, 6.07) is 14.3. The zero-order chi connectivity index (χ0) is 19.9. The average Bonchev–Trinajstić information content (AvgIpc) is 3.01. The second-order valence-corrected chi connectivity index (χ2v) is 7.27. The maximum Gasteiger partial charge on any atom is 0.326 e. The highest BCUT2D eigenvalue weighted by atomic mass is 16.4. The van der Waals surface area contributed by atoms with Crippen LogP contribution in [0.3, 0.4) is 0 Å². The predicted octanol–water partition coefficient (Wildman–Crippen LogP) is 2.13. The zero-order valence-electron chi connectivity index (χ0n) is 15.5. The molecule has 4 rings (SSSR count). The third kappa shape index (κ3) is 2.79. The average molecular weight is 379 g/mol. The molecule has 2 heterocycles. The minimum atomic E-state index is -0.966. The fourth-order valence-electron chi connectivity index (χ4n) is 4.01. The molecular formula is C21H21N3O4. The van der Waals surface area contributed by atoms with E-state index in [0.717, 1.165) is 5.56 Å². The van der Waals surface area contributed by atoms with Gasteiger partial charge in [-0.3, -0.25) is 14.2 Å². The van der Waals surface area contributed by atoms with E-state index in [9.17, 15) is 19.5 Å². The summed E-state index contributed by atoms with van der Waals surface area (Å²) >= 11 is 0. The number of rotatable bonds is 3. The molecule has 2 N–H and O–H groups in total. The number of carboxylic acids is 1. The first-order valence-electron chi connectivity index (χ1n) is 9.19. The molecule has 144 valence electrons. The number of carbonyl (C=O) groups is 2. The van der Waals surface area contributed by atoms with Gasteiger partial charge in [-0.05, 0) is 36.6 Å². The van der Waals surface area contributed by atoms with Crippen LogP contribution in [0.15, 0.2) is 53.3 Å². The largest absolute Gasteiger partial charge is 0.481 e. The number of piperidine rings is 1. The number of nitrogens with zero attached hydrogens (tertiary/aromatic N) is 2. The monoisotopic (exact) mass is 379 g/mol. The van der Waals surface area contributed by atoms with E-state index in [2.05, 4.69) is 4.98 Å². The fraction of sp³-hybridized carbons (Fsp3) is 0.286. The Kier molecular flexibility index (Phi) is 4.30. The number of carboxylic acid groups (broad SMARTS) is 1. The molecule has 1 aliphatic rings. The topological polar surface area (TPSA) is 95.4 Å². The maximum absolute atomic E-state index is 13.0. The van der Waals surface area contributed by atoms with Crippen LogP contribution in [0.25, 0.3) is 11.0 Å². The molecule has 0 bridgehead atoms. The van der Waals surface area contributed by atoms with Crippen LogP contribution in [0.2, 0.25) is 0 Å². The van der Waals surface area contributed by atoms with Gasteiger partial charge >= 0.3 is 11.7 Å². The highest BCUT2D eigenvalue weighted by Crippen LogP contribution is 2.36. The van der Waals surface area contributed by atoms with Gasteiger partial charge in [0, 0.05) is 25.7 Å². The van der Waals surface area contributed by atoms with Crippen molar-refractivity contribution in [2.75, 3.05) is 13.1 Å². The number of hydrogen-bond acceptors (Lipinski definition) is 3. The molecule has 1 aromatic heterocycles.